The van der Waals surface area contributed by atoms with E-state index < -0.39 is 0 Å². The van der Waals surface area contributed by atoms with Gasteiger partial charge < -0.3 is 16.0 Å². The van der Waals surface area contributed by atoms with Crippen LogP contribution < -0.4 is 16.0 Å². The first-order valence-electron chi connectivity index (χ1n) is 6.54. The lowest BCUT2D eigenvalue weighted by Gasteiger charge is -2.24. The summed E-state index contributed by atoms with van der Waals surface area (Å²) in [5.74, 6) is 0.106. The van der Waals surface area contributed by atoms with Crippen molar-refractivity contribution in [1.29, 1.82) is 0 Å². The molecule has 3 N–H and O–H groups in total. The molecule has 0 fully saturated rings. The molecule has 0 aliphatic heterocycles. The Balaban J connectivity index is 2.59. The molecule has 0 saturated heterocycles. The predicted octanol–water partition coefficient (Wildman–Crippen LogP) is 2.01. The second-order valence-electron chi connectivity index (χ2n) is 4.28. The Bertz CT molecular complexity index is 362. The van der Waals surface area contributed by atoms with Gasteiger partial charge in [0.2, 0.25) is 5.91 Å². The standard InChI is InChI=1S/C14H23N3O/c1-3-10-17(11-9-14(18)16-4-2)13-7-5-12(15)6-8-13/h5-8H,3-4,9-11,15H2,1-2H3,(H,16,18). The molecule has 0 aliphatic rings. The van der Waals surface area contributed by atoms with Crippen molar-refractivity contribution in [2.24, 2.45) is 0 Å². The molecule has 0 spiro atoms. The highest BCUT2D eigenvalue weighted by atomic mass is 16.1. The van der Waals surface area contributed by atoms with Gasteiger partial charge in [0.05, 0.1) is 0 Å². The summed E-state index contributed by atoms with van der Waals surface area (Å²) < 4.78 is 0. The van der Waals surface area contributed by atoms with Crippen molar-refractivity contribution in [3.63, 3.8) is 0 Å². The van der Waals surface area contributed by atoms with Gasteiger partial charge in [-0.05, 0) is 37.6 Å². The van der Waals surface area contributed by atoms with Crippen molar-refractivity contribution in [3.05, 3.63) is 24.3 Å². The molecule has 1 aromatic carbocycles. The quantitative estimate of drug-likeness (QED) is 0.727. The summed E-state index contributed by atoms with van der Waals surface area (Å²) in [6.07, 6.45) is 1.58. The zero-order valence-electron chi connectivity index (χ0n) is 11.3. The number of carbonyl (C=O) groups excluding carboxylic acids is 1. The van der Waals surface area contributed by atoms with Crippen molar-refractivity contribution < 1.29 is 4.79 Å². The number of nitrogens with two attached hydrogens (primary N) is 1. The predicted molar refractivity (Wildman–Crippen MR) is 76.7 cm³/mol. The SMILES string of the molecule is CCCN(CCC(=O)NCC)c1ccc(N)cc1. The Hall–Kier alpha value is -1.71. The minimum Gasteiger partial charge on any atom is -0.399 e. The topological polar surface area (TPSA) is 58.4 Å². The van der Waals surface area contributed by atoms with Gasteiger partial charge in [-0.1, -0.05) is 6.92 Å². The van der Waals surface area contributed by atoms with Crippen LogP contribution in [0, 0.1) is 0 Å². The van der Waals surface area contributed by atoms with E-state index in [1.54, 1.807) is 0 Å². The molecule has 4 nitrogen and oxygen atoms in total. The number of amides is 1. The van der Waals surface area contributed by atoms with Gasteiger partial charge in [0, 0.05) is 37.4 Å². The second-order valence-corrected chi connectivity index (χ2v) is 4.28. The summed E-state index contributed by atoms with van der Waals surface area (Å²) in [6.45, 7) is 6.44. The van der Waals surface area contributed by atoms with Gasteiger partial charge in [-0.3, -0.25) is 4.79 Å². The molecule has 0 radical (unpaired) electrons. The molecule has 1 rings (SSSR count). The minimum atomic E-state index is 0.106. The lowest BCUT2D eigenvalue weighted by molar-refractivity contribution is -0.120. The van der Waals surface area contributed by atoms with Crippen molar-refractivity contribution in [1.82, 2.24) is 5.32 Å². The smallest absolute Gasteiger partial charge is 0.221 e. The molecule has 1 amide bonds. The Kier molecular flexibility index (Phi) is 6.05. The average Bonchev–Trinajstić information content (AvgIpc) is 2.36. The number of nitrogen functional groups attached to an aromatic ring is 1. The highest BCUT2D eigenvalue weighted by Gasteiger charge is 2.07. The molecule has 0 unspecified atom stereocenters. The first-order valence-corrected chi connectivity index (χ1v) is 6.54. The molecule has 4 heteroatoms. The fraction of sp³-hybridized carbons (Fsp3) is 0.500. The van der Waals surface area contributed by atoms with Crippen molar-refractivity contribution in [3.8, 4) is 0 Å². The van der Waals surface area contributed by atoms with E-state index in [-0.39, 0.29) is 5.91 Å². The van der Waals surface area contributed by atoms with E-state index in [0.717, 1.165) is 30.9 Å². The molecule has 0 aromatic heterocycles. The van der Waals surface area contributed by atoms with Crippen molar-refractivity contribution >= 4 is 17.3 Å². The average molecular weight is 249 g/mol. The third-order valence-electron chi connectivity index (χ3n) is 2.73. The number of benzene rings is 1. The summed E-state index contributed by atoms with van der Waals surface area (Å²) in [6, 6.07) is 7.79. The number of carbonyl (C=O) groups is 1. The Morgan fingerprint density at radius 2 is 1.89 bits per heavy atom. The molecule has 0 aliphatic carbocycles. The van der Waals surface area contributed by atoms with Crippen LogP contribution in [0.3, 0.4) is 0 Å². The lowest BCUT2D eigenvalue weighted by atomic mass is 10.2. The zero-order valence-corrected chi connectivity index (χ0v) is 11.3. The van der Waals surface area contributed by atoms with Crippen LogP contribution in [-0.4, -0.2) is 25.5 Å². The van der Waals surface area contributed by atoms with Crippen LogP contribution in [0.5, 0.6) is 0 Å². The van der Waals surface area contributed by atoms with Crippen LogP contribution in [0.15, 0.2) is 24.3 Å². The van der Waals surface area contributed by atoms with E-state index >= 15 is 0 Å². The normalized spacial score (nSPS) is 10.1. The number of rotatable bonds is 7. The van der Waals surface area contributed by atoms with Crippen LogP contribution in [-0.2, 0) is 4.79 Å². The fourth-order valence-corrected chi connectivity index (χ4v) is 1.85. The Morgan fingerprint density at radius 1 is 1.22 bits per heavy atom. The van der Waals surface area contributed by atoms with Gasteiger partial charge in [-0.15, -0.1) is 0 Å². The monoisotopic (exact) mass is 249 g/mol. The Morgan fingerprint density at radius 3 is 2.44 bits per heavy atom. The van der Waals surface area contributed by atoms with Crippen LogP contribution >= 0.6 is 0 Å². The molecular weight excluding hydrogens is 226 g/mol. The molecule has 100 valence electrons. The summed E-state index contributed by atoms with van der Waals surface area (Å²) in [5, 5.41) is 2.82. The fourth-order valence-electron chi connectivity index (χ4n) is 1.85. The summed E-state index contributed by atoms with van der Waals surface area (Å²) in [4.78, 5) is 13.7. The summed E-state index contributed by atoms with van der Waals surface area (Å²) in [7, 11) is 0. The first-order chi connectivity index (χ1) is 8.67. The van der Waals surface area contributed by atoms with Gasteiger partial charge in [-0.25, -0.2) is 0 Å². The largest absolute Gasteiger partial charge is 0.399 e. The molecule has 0 heterocycles. The van der Waals surface area contributed by atoms with Crippen LogP contribution in [0.25, 0.3) is 0 Å². The highest BCUT2D eigenvalue weighted by Crippen LogP contribution is 2.16. The van der Waals surface area contributed by atoms with Gasteiger partial charge in [-0.2, -0.15) is 0 Å². The second kappa shape index (κ2) is 7.58. The number of nitrogens with zero attached hydrogens (tertiary/aromatic N) is 1. The molecule has 0 bridgehead atoms. The summed E-state index contributed by atoms with van der Waals surface area (Å²) >= 11 is 0. The van der Waals surface area contributed by atoms with Gasteiger partial charge in [0.1, 0.15) is 0 Å². The van der Waals surface area contributed by atoms with E-state index in [2.05, 4.69) is 17.1 Å². The number of hydrogen-bond acceptors (Lipinski definition) is 3. The molecular formula is C14H23N3O. The Labute approximate surface area is 109 Å². The van der Waals surface area contributed by atoms with Gasteiger partial charge in [0.25, 0.3) is 0 Å². The minimum absolute atomic E-state index is 0.106. The maximum Gasteiger partial charge on any atom is 0.221 e. The molecule has 0 atom stereocenters. The molecule has 1 aromatic rings. The van der Waals surface area contributed by atoms with Gasteiger partial charge in [0.15, 0.2) is 0 Å². The van der Waals surface area contributed by atoms with Crippen molar-refractivity contribution in [2.75, 3.05) is 30.3 Å². The van der Waals surface area contributed by atoms with Crippen molar-refractivity contribution in [2.45, 2.75) is 26.7 Å². The zero-order chi connectivity index (χ0) is 13.4. The lowest BCUT2D eigenvalue weighted by Crippen LogP contribution is -2.31. The van der Waals surface area contributed by atoms with Crippen LogP contribution in [0.4, 0.5) is 11.4 Å². The molecule has 18 heavy (non-hydrogen) atoms. The third kappa shape index (κ3) is 4.65. The van der Waals surface area contributed by atoms with E-state index in [4.69, 9.17) is 5.73 Å². The number of nitrogens with one attached hydrogen (secondary N) is 1. The van der Waals surface area contributed by atoms with Crippen LogP contribution in [0.1, 0.15) is 26.7 Å². The van der Waals surface area contributed by atoms with E-state index in [1.807, 2.05) is 31.2 Å². The summed E-state index contributed by atoms with van der Waals surface area (Å²) in [5.41, 5.74) is 7.56. The maximum absolute atomic E-state index is 11.5. The first kappa shape index (κ1) is 14.4. The van der Waals surface area contributed by atoms with E-state index in [1.165, 1.54) is 0 Å². The highest BCUT2D eigenvalue weighted by molar-refractivity contribution is 5.76. The van der Waals surface area contributed by atoms with E-state index in [0.29, 0.717) is 13.0 Å². The van der Waals surface area contributed by atoms with Crippen LogP contribution in [0.2, 0.25) is 0 Å². The number of hydrogen-bond donors (Lipinski definition) is 2. The van der Waals surface area contributed by atoms with E-state index in [9.17, 15) is 4.79 Å². The van der Waals surface area contributed by atoms with Gasteiger partial charge >= 0.3 is 0 Å². The third-order valence-corrected chi connectivity index (χ3v) is 2.73. The maximum atomic E-state index is 11.5. The molecule has 0 saturated carbocycles. The number of anilines is 2.